The number of nitrogens with one attached hydrogen (secondary N) is 1. The van der Waals surface area contributed by atoms with Gasteiger partial charge in [0, 0.05) is 31.5 Å². The predicted molar refractivity (Wildman–Crippen MR) is 99.8 cm³/mol. The summed E-state index contributed by atoms with van der Waals surface area (Å²) in [7, 11) is -3.09. The molecule has 1 aliphatic rings. The van der Waals surface area contributed by atoms with Crippen molar-refractivity contribution in [1.29, 1.82) is 0 Å². The molecule has 1 amide bonds. The monoisotopic (exact) mass is 398 g/mol. The van der Waals surface area contributed by atoms with Crippen molar-refractivity contribution in [2.75, 3.05) is 36.5 Å². The van der Waals surface area contributed by atoms with E-state index in [9.17, 15) is 18.0 Å². The van der Waals surface area contributed by atoms with Gasteiger partial charge in [0.15, 0.2) is 16.4 Å². The van der Waals surface area contributed by atoms with Crippen LogP contribution < -0.4 is 5.32 Å². The van der Waals surface area contributed by atoms with Gasteiger partial charge in [-0.05, 0) is 18.9 Å². The molecule has 0 radical (unpaired) electrons. The summed E-state index contributed by atoms with van der Waals surface area (Å²) in [6.45, 7) is 2.38. The molecular formula is C17H26N4O5S. The number of sulfone groups is 1. The molecule has 2 rings (SSSR count). The number of anilines is 1. The average molecular weight is 398 g/mol. The SMILES string of the molecule is CCCCN(C(=O)COC(=O)CCNc1ncccn1)C1CCS(=O)(=O)C1. The van der Waals surface area contributed by atoms with Crippen molar-refractivity contribution in [3.05, 3.63) is 18.5 Å². The number of aromatic nitrogens is 2. The third kappa shape index (κ3) is 7.12. The lowest BCUT2D eigenvalue weighted by molar-refractivity contribution is -0.152. The van der Waals surface area contributed by atoms with Crippen LogP contribution in [-0.4, -0.2) is 72.4 Å². The van der Waals surface area contributed by atoms with Gasteiger partial charge >= 0.3 is 5.97 Å². The fraction of sp³-hybridized carbons (Fsp3) is 0.647. The molecule has 1 saturated heterocycles. The Hall–Kier alpha value is -2.23. The van der Waals surface area contributed by atoms with Crippen LogP contribution in [0.5, 0.6) is 0 Å². The summed E-state index contributed by atoms with van der Waals surface area (Å²) in [4.78, 5) is 33.8. The largest absolute Gasteiger partial charge is 0.456 e. The van der Waals surface area contributed by atoms with E-state index in [4.69, 9.17) is 4.74 Å². The van der Waals surface area contributed by atoms with E-state index in [1.165, 1.54) is 0 Å². The summed E-state index contributed by atoms with van der Waals surface area (Å²) in [5.74, 6) is -0.369. The molecule has 0 aliphatic carbocycles. The summed E-state index contributed by atoms with van der Waals surface area (Å²) < 4.78 is 28.5. The summed E-state index contributed by atoms with van der Waals surface area (Å²) in [5, 5.41) is 2.88. The number of rotatable bonds is 10. The standard InChI is InChI=1S/C17H26N4O5S/c1-2-3-10-21(14-6-11-27(24,25)13-14)15(22)12-26-16(23)5-9-20-17-18-7-4-8-19-17/h4,7-8,14H,2-3,5-6,9-13H2,1H3,(H,18,19,20). The Morgan fingerprint density at radius 3 is 2.70 bits per heavy atom. The molecule has 1 aromatic heterocycles. The van der Waals surface area contributed by atoms with E-state index in [0.29, 0.717) is 18.9 Å². The normalized spacial score (nSPS) is 18.0. The minimum Gasteiger partial charge on any atom is -0.456 e. The van der Waals surface area contributed by atoms with Gasteiger partial charge in [0.1, 0.15) is 0 Å². The van der Waals surface area contributed by atoms with Gasteiger partial charge < -0.3 is 15.0 Å². The van der Waals surface area contributed by atoms with Crippen molar-refractivity contribution in [1.82, 2.24) is 14.9 Å². The van der Waals surface area contributed by atoms with Crippen LogP contribution in [0.3, 0.4) is 0 Å². The van der Waals surface area contributed by atoms with Crippen LogP contribution in [-0.2, 0) is 24.2 Å². The Morgan fingerprint density at radius 1 is 1.33 bits per heavy atom. The minimum absolute atomic E-state index is 0.0165. The van der Waals surface area contributed by atoms with E-state index in [2.05, 4.69) is 15.3 Å². The molecule has 0 aromatic carbocycles. The molecule has 0 spiro atoms. The zero-order valence-corrected chi connectivity index (χ0v) is 16.3. The first-order valence-electron chi connectivity index (χ1n) is 9.07. The van der Waals surface area contributed by atoms with Gasteiger partial charge in [0.25, 0.3) is 5.91 Å². The van der Waals surface area contributed by atoms with Crippen molar-refractivity contribution in [2.24, 2.45) is 0 Å². The maximum Gasteiger partial charge on any atom is 0.308 e. The highest BCUT2D eigenvalue weighted by Crippen LogP contribution is 2.18. The summed E-state index contributed by atoms with van der Waals surface area (Å²) in [6, 6.07) is 1.36. The molecule has 0 saturated carbocycles. The van der Waals surface area contributed by atoms with Gasteiger partial charge in [-0.15, -0.1) is 0 Å². The molecule has 27 heavy (non-hydrogen) atoms. The maximum atomic E-state index is 12.5. The number of hydrogen-bond acceptors (Lipinski definition) is 8. The maximum absolute atomic E-state index is 12.5. The molecule has 1 atom stereocenters. The number of nitrogens with zero attached hydrogens (tertiary/aromatic N) is 3. The zero-order chi connectivity index (χ0) is 19.7. The van der Waals surface area contributed by atoms with Crippen LogP contribution in [0.1, 0.15) is 32.6 Å². The second-order valence-corrected chi connectivity index (χ2v) is 8.64. The molecule has 10 heteroatoms. The lowest BCUT2D eigenvalue weighted by atomic mass is 10.2. The third-order valence-electron chi connectivity index (χ3n) is 4.26. The van der Waals surface area contributed by atoms with E-state index in [1.807, 2.05) is 6.92 Å². The average Bonchev–Trinajstić information content (AvgIpc) is 3.01. The molecular weight excluding hydrogens is 372 g/mol. The van der Waals surface area contributed by atoms with E-state index >= 15 is 0 Å². The number of esters is 1. The number of carbonyl (C=O) groups is 2. The molecule has 1 fully saturated rings. The van der Waals surface area contributed by atoms with Crippen LogP contribution >= 0.6 is 0 Å². The number of carbonyl (C=O) groups excluding carboxylic acids is 2. The van der Waals surface area contributed by atoms with Crippen LogP contribution in [0.15, 0.2) is 18.5 Å². The highest BCUT2D eigenvalue weighted by molar-refractivity contribution is 7.91. The van der Waals surface area contributed by atoms with Gasteiger partial charge in [-0.3, -0.25) is 9.59 Å². The Morgan fingerprint density at radius 2 is 2.07 bits per heavy atom. The lowest BCUT2D eigenvalue weighted by Gasteiger charge is -2.28. The first-order valence-corrected chi connectivity index (χ1v) is 10.9. The van der Waals surface area contributed by atoms with Gasteiger partial charge in [-0.2, -0.15) is 0 Å². The van der Waals surface area contributed by atoms with Gasteiger partial charge in [0.2, 0.25) is 5.95 Å². The topological polar surface area (TPSA) is 119 Å². The van der Waals surface area contributed by atoms with Crippen molar-refractivity contribution < 1.29 is 22.7 Å². The van der Waals surface area contributed by atoms with Crippen LogP contribution in [0.25, 0.3) is 0 Å². The fourth-order valence-electron chi connectivity index (χ4n) is 2.82. The Labute approximate surface area is 159 Å². The molecule has 1 aromatic rings. The van der Waals surface area contributed by atoms with E-state index in [1.54, 1.807) is 23.4 Å². The highest BCUT2D eigenvalue weighted by atomic mass is 32.2. The van der Waals surface area contributed by atoms with E-state index in [-0.39, 0.29) is 43.0 Å². The van der Waals surface area contributed by atoms with Crippen LogP contribution in [0.4, 0.5) is 5.95 Å². The van der Waals surface area contributed by atoms with Crippen molar-refractivity contribution in [3.63, 3.8) is 0 Å². The fourth-order valence-corrected chi connectivity index (χ4v) is 4.56. The molecule has 150 valence electrons. The van der Waals surface area contributed by atoms with Crippen molar-refractivity contribution in [3.8, 4) is 0 Å². The molecule has 9 nitrogen and oxygen atoms in total. The summed E-state index contributed by atoms with van der Waals surface area (Å²) >= 11 is 0. The third-order valence-corrected chi connectivity index (χ3v) is 6.01. The Balaban J connectivity index is 1.77. The van der Waals surface area contributed by atoms with Crippen LogP contribution in [0, 0.1) is 0 Å². The Kier molecular flexibility index (Phi) is 7.96. The lowest BCUT2D eigenvalue weighted by Crippen LogP contribution is -2.44. The number of ether oxygens (including phenoxy) is 1. The van der Waals surface area contributed by atoms with Gasteiger partial charge in [-0.1, -0.05) is 13.3 Å². The molecule has 1 aliphatic heterocycles. The van der Waals surface area contributed by atoms with Crippen LogP contribution in [0.2, 0.25) is 0 Å². The minimum atomic E-state index is -3.09. The smallest absolute Gasteiger partial charge is 0.308 e. The van der Waals surface area contributed by atoms with E-state index in [0.717, 1.165) is 12.8 Å². The summed E-state index contributed by atoms with van der Waals surface area (Å²) in [6.07, 6.45) is 5.33. The Bertz CT molecular complexity index is 726. The molecule has 1 unspecified atom stereocenters. The molecule has 0 bridgehead atoms. The zero-order valence-electron chi connectivity index (χ0n) is 15.5. The van der Waals surface area contributed by atoms with Crippen molar-refractivity contribution in [2.45, 2.75) is 38.6 Å². The van der Waals surface area contributed by atoms with E-state index < -0.39 is 15.8 Å². The second-order valence-electron chi connectivity index (χ2n) is 6.41. The van der Waals surface area contributed by atoms with Gasteiger partial charge in [0.05, 0.1) is 17.9 Å². The predicted octanol–water partition coefficient (Wildman–Crippen LogP) is 0.638. The molecule has 1 N–H and O–H groups in total. The first-order chi connectivity index (χ1) is 12.9. The number of hydrogen-bond donors (Lipinski definition) is 1. The number of amides is 1. The van der Waals surface area contributed by atoms with Gasteiger partial charge in [-0.25, -0.2) is 18.4 Å². The number of unbranched alkanes of at least 4 members (excludes halogenated alkanes) is 1. The van der Waals surface area contributed by atoms with Crippen molar-refractivity contribution >= 4 is 27.7 Å². The molecule has 2 heterocycles. The summed E-state index contributed by atoms with van der Waals surface area (Å²) in [5.41, 5.74) is 0. The quantitative estimate of drug-likeness (QED) is 0.570. The first kappa shape index (κ1) is 21.1. The highest BCUT2D eigenvalue weighted by Gasteiger charge is 2.34. The second kappa shape index (κ2) is 10.2.